The van der Waals surface area contributed by atoms with Crippen molar-refractivity contribution in [1.29, 1.82) is 0 Å². The molecule has 0 aliphatic rings. The summed E-state index contributed by atoms with van der Waals surface area (Å²) < 4.78 is 4.80. The van der Waals surface area contributed by atoms with Gasteiger partial charge in [-0.25, -0.2) is 0 Å². The molecule has 78 valence electrons. The van der Waals surface area contributed by atoms with Gasteiger partial charge in [-0.2, -0.15) is 0 Å². The molecule has 0 saturated carbocycles. The van der Waals surface area contributed by atoms with Crippen molar-refractivity contribution >= 4 is 5.69 Å². The number of hydrogen-bond acceptors (Lipinski definition) is 5. The molecule has 5 nitrogen and oxygen atoms in total. The van der Waals surface area contributed by atoms with Crippen LogP contribution in [0.15, 0.2) is 21.7 Å². The van der Waals surface area contributed by atoms with Gasteiger partial charge in [0.15, 0.2) is 0 Å². The van der Waals surface area contributed by atoms with E-state index in [1.807, 2.05) is 0 Å². The average Bonchev–Trinajstić information content (AvgIpc) is 2.18. The average molecular weight is 198 g/mol. The molecule has 1 aromatic rings. The van der Waals surface area contributed by atoms with Gasteiger partial charge in [0, 0.05) is 13.6 Å². The molecule has 0 radical (unpaired) electrons. The zero-order chi connectivity index (χ0) is 10.6. The summed E-state index contributed by atoms with van der Waals surface area (Å²) >= 11 is 0. The van der Waals surface area contributed by atoms with Crippen LogP contribution in [-0.2, 0) is 0 Å². The molecule has 0 amide bonds. The van der Waals surface area contributed by atoms with Crippen molar-refractivity contribution in [2.45, 2.75) is 6.42 Å². The molecule has 1 heterocycles. The van der Waals surface area contributed by atoms with E-state index in [4.69, 9.17) is 15.3 Å². The van der Waals surface area contributed by atoms with Crippen LogP contribution in [0.1, 0.15) is 6.42 Å². The Kier molecular flexibility index (Phi) is 3.53. The van der Waals surface area contributed by atoms with E-state index in [-0.39, 0.29) is 5.75 Å². The number of anilines is 1. The van der Waals surface area contributed by atoms with Crippen molar-refractivity contribution in [3.63, 3.8) is 0 Å². The largest absolute Gasteiger partial charge is 0.502 e. The minimum absolute atomic E-state index is 0.346. The molecule has 0 spiro atoms. The summed E-state index contributed by atoms with van der Waals surface area (Å²) in [6.45, 7) is 1.22. The molecule has 0 aliphatic carbocycles. The lowest BCUT2D eigenvalue weighted by molar-refractivity contribution is 0.429. The first-order valence-electron chi connectivity index (χ1n) is 4.37. The fourth-order valence-electron chi connectivity index (χ4n) is 1.11. The molecule has 0 saturated heterocycles. The second kappa shape index (κ2) is 4.66. The number of aromatic hydroxyl groups is 1. The predicted molar refractivity (Wildman–Crippen MR) is 53.6 cm³/mol. The molecule has 0 atom stereocenters. The molecule has 3 N–H and O–H groups in total. The Morgan fingerprint density at radius 2 is 2.29 bits per heavy atom. The van der Waals surface area contributed by atoms with Gasteiger partial charge in [-0.15, -0.1) is 0 Å². The number of nitrogens with two attached hydrogens (primary N) is 1. The Morgan fingerprint density at radius 3 is 2.93 bits per heavy atom. The lowest BCUT2D eigenvalue weighted by atomic mass is 10.3. The predicted octanol–water partition coefficient (Wildman–Crippen LogP) is 0.130. The second-order valence-corrected chi connectivity index (χ2v) is 3.04. The third-order valence-electron chi connectivity index (χ3n) is 1.93. The first-order valence-corrected chi connectivity index (χ1v) is 4.37. The van der Waals surface area contributed by atoms with Crippen molar-refractivity contribution in [1.82, 2.24) is 0 Å². The summed E-state index contributed by atoms with van der Waals surface area (Å²) in [5.74, 6) is -0.373. The van der Waals surface area contributed by atoms with Crippen molar-refractivity contribution in [2.24, 2.45) is 5.73 Å². The molecule has 0 aliphatic heterocycles. The Labute approximate surface area is 81.8 Å². The third-order valence-corrected chi connectivity index (χ3v) is 1.93. The summed E-state index contributed by atoms with van der Waals surface area (Å²) in [5.41, 5.74) is 5.27. The topological polar surface area (TPSA) is 79.7 Å². The van der Waals surface area contributed by atoms with Gasteiger partial charge in [-0.1, -0.05) is 0 Å². The summed E-state index contributed by atoms with van der Waals surface area (Å²) in [6.07, 6.45) is 3.12. The van der Waals surface area contributed by atoms with Crippen LogP contribution in [0.3, 0.4) is 0 Å². The lowest BCUT2D eigenvalue weighted by Crippen LogP contribution is -2.25. The highest BCUT2D eigenvalue weighted by molar-refractivity contribution is 5.45. The van der Waals surface area contributed by atoms with Gasteiger partial charge < -0.3 is 20.2 Å². The Bertz CT molecular complexity index is 348. The monoisotopic (exact) mass is 198 g/mol. The SMILES string of the molecule is CN(CCCN)c1cocc(O)c1=O. The molecule has 0 fully saturated rings. The summed E-state index contributed by atoms with van der Waals surface area (Å²) in [7, 11) is 1.75. The smallest absolute Gasteiger partial charge is 0.249 e. The molecule has 0 bridgehead atoms. The number of nitrogens with zero attached hydrogens (tertiary/aromatic N) is 1. The van der Waals surface area contributed by atoms with E-state index in [1.54, 1.807) is 11.9 Å². The van der Waals surface area contributed by atoms with E-state index < -0.39 is 5.43 Å². The van der Waals surface area contributed by atoms with Gasteiger partial charge in [-0.05, 0) is 13.0 Å². The van der Waals surface area contributed by atoms with Crippen LogP contribution >= 0.6 is 0 Å². The fraction of sp³-hybridized carbons (Fsp3) is 0.444. The highest BCUT2D eigenvalue weighted by atomic mass is 16.3. The minimum Gasteiger partial charge on any atom is -0.502 e. The van der Waals surface area contributed by atoms with Crippen molar-refractivity contribution < 1.29 is 9.52 Å². The molecule has 1 aromatic heterocycles. The van der Waals surface area contributed by atoms with Crippen LogP contribution in [0.5, 0.6) is 5.75 Å². The Morgan fingerprint density at radius 1 is 1.57 bits per heavy atom. The molecule has 0 aromatic carbocycles. The highest BCUT2D eigenvalue weighted by Crippen LogP contribution is 2.10. The molecule has 14 heavy (non-hydrogen) atoms. The van der Waals surface area contributed by atoms with Crippen LogP contribution in [0.25, 0.3) is 0 Å². The van der Waals surface area contributed by atoms with Crippen molar-refractivity contribution in [3.05, 3.63) is 22.7 Å². The number of hydrogen-bond donors (Lipinski definition) is 2. The first-order chi connectivity index (χ1) is 6.66. The Balaban J connectivity index is 2.84. The van der Waals surface area contributed by atoms with E-state index in [2.05, 4.69) is 0 Å². The molecule has 0 unspecified atom stereocenters. The maximum absolute atomic E-state index is 11.4. The summed E-state index contributed by atoms with van der Waals surface area (Å²) in [4.78, 5) is 13.1. The summed E-state index contributed by atoms with van der Waals surface area (Å²) in [5, 5.41) is 9.12. The molecule has 5 heteroatoms. The number of rotatable bonds is 4. The zero-order valence-corrected chi connectivity index (χ0v) is 8.06. The maximum Gasteiger partial charge on any atom is 0.249 e. The second-order valence-electron chi connectivity index (χ2n) is 3.04. The van der Waals surface area contributed by atoms with E-state index in [9.17, 15) is 4.79 Å². The van der Waals surface area contributed by atoms with Crippen LogP contribution in [-0.4, -0.2) is 25.2 Å². The van der Waals surface area contributed by atoms with Gasteiger partial charge in [0.25, 0.3) is 0 Å². The standard InChI is InChI=1S/C9H14N2O3/c1-11(4-2-3-10)7-5-14-6-8(12)9(7)13/h5-6,12H,2-4,10H2,1H3. The zero-order valence-electron chi connectivity index (χ0n) is 8.06. The summed E-state index contributed by atoms with van der Waals surface area (Å²) in [6, 6.07) is 0. The van der Waals surface area contributed by atoms with Gasteiger partial charge >= 0.3 is 0 Å². The maximum atomic E-state index is 11.4. The molecular weight excluding hydrogens is 184 g/mol. The Hall–Kier alpha value is -1.49. The quantitative estimate of drug-likeness (QED) is 0.718. The fourth-order valence-corrected chi connectivity index (χ4v) is 1.11. The lowest BCUT2D eigenvalue weighted by Gasteiger charge is -2.16. The molecule has 1 rings (SSSR count). The van der Waals surface area contributed by atoms with Gasteiger partial charge in [0.05, 0.1) is 0 Å². The van der Waals surface area contributed by atoms with Crippen molar-refractivity contribution in [3.8, 4) is 5.75 Å². The molecular formula is C9H14N2O3. The third kappa shape index (κ3) is 2.26. The van der Waals surface area contributed by atoms with E-state index in [1.165, 1.54) is 6.26 Å². The van der Waals surface area contributed by atoms with Gasteiger partial charge in [0.1, 0.15) is 18.2 Å². The van der Waals surface area contributed by atoms with E-state index >= 15 is 0 Å². The van der Waals surface area contributed by atoms with Crippen LogP contribution in [0.4, 0.5) is 5.69 Å². The van der Waals surface area contributed by atoms with Gasteiger partial charge in [0.2, 0.25) is 11.2 Å². The van der Waals surface area contributed by atoms with Crippen LogP contribution in [0, 0.1) is 0 Å². The van der Waals surface area contributed by atoms with Crippen molar-refractivity contribution in [2.75, 3.05) is 25.0 Å². The minimum atomic E-state index is -0.421. The van der Waals surface area contributed by atoms with Gasteiger partial charge in [-0.3, -0.25) is 4.79 Å². The first kappa shape index (κ1) is 10.6. The van der Waals surface area contributed by atoms with Crippen LogP contribution in [0.2, 0.25) is 0 Å². The normalized spacial score (nSPS) is 10.1. The van der Waals surface area contributed by atoms with E-state index in [0.29, 0.717) is 18.8 Å². The highest BCUT2D eigenvalue weighted by Gasteiger charge is 2.09. The van der Waals surface area contributed by atoms with Crippen LogP contribution < -0.4 is 16.1 Å². The van der Waals surface area contributed by atoms with E-state index in [0.717, 1.165) is 12.7 Å².